The van der Waals surface area contributed by atoms with Gasteiger partial charge in [0.05, 0.1) is 5.39 Å². The molecule has 2 aromatic rings. The molecule has 20 heavy (non-hydrogen) atoms. The number of aryl methyl sites for hydroxylation is 1. The summed E-state index contributed by atoms with van der Waals surface area (Å²) in [4.78, 5) is 22.0. The number of rotatable bonds is 3. The maximum Gasteiger partial charge on any atom is 0.325 e. The fourth-order valence-corrected chi connectivity index (χ4v) is 4.10. The van der Waals surface area contributed by atoms with Crippen LogP contribution in [0.4, 0.5) is 5.82 Å². The van der Waals surface area contributed by atoms with Gasteiger partial charge in [-0.2, -0.15) is 0 Å². The lowest BCUT2D eigenvalue weighted by atomic mass is 9.87. The van der Waals surface area contributed by atoms with Gasteiger partial charge in [0.15, 0.2) is 0 Å². The van der Waals surface area contributed by atoms with Crippen molar-refractivity contribution < 1.29 is 9.90 Å². The number of nitrogens with one attached hydrogen (secondary N) is 1. The molecule has 0 saturated carbocycles. The van der Waals surface area contributed by atoms with E-state index in [0.29, 0.717) is 11.7 Å². The highest BCUT2D eigenvalue weighted by Crippen LogP contribution is 2.43. The molecule has 1 aliphatic rings. The van der Waals surface area contributed by atoms with E-state index < -0.39 is 12.0 Å². The molecule has 2 N–H and O–H groups in total. The summed E-state index contributed by atoms with van der Waals surface area (Å²) in [5.41, 5.74) is 1.32. The lowest BCUT2D eigenvalue weighted by Crippen LogP contribution is -2.26. The number of aliphatic carboxylic acids is 1. The third-order valence-electron chi connectivity index (χ3n) is 3.86. The molecule has 0 radical (unpaired) electrons. The van der Waals surface area contributed by atoms with Crippen LogP contribution in [0.1, 0.15) is 43.0 Å². The Bertz CT molecular complexity index is 668. The minimum Gasteiger partial charge on any atom is -0.480 e. The zero-order chi connectivity index (χ0) is 14.3. The van der Waals surface area contributed by atoms with Gasteiger partial charge in [0, 0.05) is 4.88 Å². The highest BCUT2D eigenvalue weighted by atomic mass is 32.1. The number of nitrogens with zero attached hydrogens (tertiary/aromatic N) is 2. The van der Waals surface area contributed by atoms with Crippen molar-refractivity contribution in [1.29, 1.82) is 0 Å². The smallest absolute Gasteiger partial charge is 0.325 e. The number of carbonyl (C=O) groups is 1. The lowest BCUT2D eigenvalue weighted by molar-refractivity contribution is -0.137. The molecule has 2 heterocycles. The van der Waals surface area contributed by atoms with Gasteiger partial charge >= 0.3 is 5.97 Å². The second-order valence-corrected chi connectivity index (χ2v) is 6.42. The van der Waals surface area contributed by atoms with Crippen molar-refractivity contribution in [3.8, 4) is 0 Å². The molecule has 3 rings (SSSR count). The highest BCUT2D eigenvalue weighted by Gasteiger charge is 2.25. The van der Waals surface area contributed by atoms with Crippen molar-refractivity contribution in [3.05, 3.63) is 16.8 Å². The van der Waals surface area contributed by atoms with Crippen LogP contribution in [-0.4, -0.2) is 27.1 Å². The third kappa shape index (κ3) is 2.14. The Morgan fingerprint density at radius 3 is 3.10 bits per heavy atom. The van der Waals surface area contributed by atoms with E-state index in [1.165, 1.54) is 29.6 Å². The van der Waals surface area contributed by atoms with Crippen LogP contribution in [0.25, 0.3) is 10.2 Å². The maximum absolute atomic E-state index is 11.0. The summed E-state index contributed by atoms with van der Waals surface area (Å²) in [6, 6.07) is -0.664. The molecular weight excluding hydrogens is 274 g/mol. The van der Waals surface area contributed by atoms with E-state index in [9.17, 15) is 4.79 Å². The monoisotopic (exact) mass is 291 g/mol. The average molecular weight is 291 g/mol. The first-order chi connectivity index (χ1) is 9.58. The van der Waals surface area contributed by atoms with E-state index in [4.69, 9.17) is 5.11 Å². The quantitative estimate of drug-likeness (QED) is 0.909. The summed E-state index contributed by atoms with van der Waals surface area (Å²) in [6.45, 7) is 3.85. The molecule has 0 aromatic carbocycles. The van der Waals surface area contributed by atoms with Crippen LogP contribution in [0, 0.1) is 0 Å². The molecule has 0 aliphatic heterocycles. The fourth-order valence-electron chi connectivity index (χ4n) is 2.80. The molecule has 0 saturated heterocycles. The van der Waals surface area contributed by atoms with Gasteiger partial charge in [0.1, 0.15) is 23.0 Å². The molecule has 0 bridgehead atoms. The van der Waals surface area contributed by atoms with Crippen molar-refractivity contribution >= 4 is 33.3 Å². The molecule has 6 heteroatoms. The molecule has 0 amide bonds. The molecule has 2 atom stereocenters. The Balaban J connectivity index is 2.13. The molecule has 106 valence electrons. The average Bonchev–Trinajstić information content (AvgIpc) is 2.79. The minimum atomic E-state index is -0.881. The van der Waals surface area contributed by atoms with Crippen LogP contribution < -0.4 is 5.32 Å². The van der Waals surface area contributed by atoms with E-state index in [2.05, 4.69) is 22.2 Å². The number of hydrogen-bond donors (Lipinski definition) is 2. The molecule has 2 aromatic heterocycles. The first-order valence-electron chi connectivity index (χ1n) is 6.83. The molecule has 1 aliphatic carbocycles. The van der Waals surface area contributed by atoms with Crippen molar-refractivity contribution in [2.45, 2.75) is 45.1 Å². The number of carboxylic acids is 1. The largest absolute Gasteiger partial charge is 0.480 e. The van der Waals surface area contributed by atoms with Gasteiger partial charge < -0.3 is 10.4 Å². The van der Waals surface area contributed by atoms with Crippen LogP contribution >= 0.6 is 11.3 Å². The van der Waals surface area contributed by atoms with Gasteiger partial charge in [0.25, 0.3) is 0 Å². The van der Waals surface area contributed by atoms with E-state index in [1.54, 1.807) is 18.3 Å². The van der Waals surface area contributed by atoms with Crippen molar-refractivity contribution in [2.75, 3.05) is 5.32 Å². The predicted octanol–water partition coefficient (Wildman–Crippen LogP) is 3.02. The van der Waals surface area contributed by atoms with Gasteiger partial charge in [0.2, 0.25) is 0 Å². The van der Waals surface area contributed by atoms with Crippen LogP contribution in [0.15, 0.2) is 6.33 Å². The Morgan fingerprint density at radius 1 is 1.55 bits per heavy atom. The van der Waals surface area contributed by atoms with E-state index in [-0.39, 0.29) is 0 Å². The van der Waals surface area contributed by atoms with Crippen LogP contribution in [-0.2, 0) is 11.2 Å². The van der Waals surface area contributed by atoms with Crippen molar-refractivity contribution in [2.24, 2.45) is 0 Å². The Labute approximate surface area is 121 Å². The van der Waals surface area contributed by atoms with E-state index >= 15 is 0 Å². The Kier molecular flexibility index (Phi) is 3.33. The Morgan fingerprint density at radius 2 is 2.35 bits per heavy atom. The van der Waals surface area contributed by atoms with Gasteiger partial charge in [-0.05, 0) is 37.7 Å². The van der Waals surface area contributed by atoms with Crippen LogP contribution in [0.2, 0.25) is 0 Å². The first kappa shape index (κ1) is 13.3. The molecule has 0 spiro atoms. The SMILES string of the molecule is C[C@H](Nc1ncnc2sc3c(c12)[C@@H](C)CCC3)C(=O)O. The van der Waals surface area contributed by atoms with Crippen molar-refractivity contribution in [3.63, 3.8) is 0 Å². The second kappa shape index (κ2) is 5.01. The van der Waals surface area contributed by atoms with Gasteiger partial charge in [-0.3, -0.25) is 4.79 Å². The normalized spacial score (nSPS) is 19.6. The third-order valence-corrected chi connectivity index (χ3v) is 5.03. The van der Waals surface area contributed by atoms with E-state index in [1.807, 2.05) is 0 Å². The van der Waals surface area contributed by atoms with Crippen LogP contribution in [0.3, 0.4) is 0 Å². The number of carboxylic acid groups (broad SMARTS) is 1. The minimum absolute atomic E-state index is 0.485. The summed E-state index contributed by atoms with van der Waals surface area (Å²) in [5.74, 6) is 0.254. The number of thiophene rings is 1. The molecule has 5 nitrogen and oxygen atoms in total. The molecular formula is C14H17N3O2S. The lowest BCUT2D eigenvalue weighted by Gasteiger charge is -2.20. The number of hydrogen-bond acceptors (Lipinski definition) is 5. The number of aromatic nitrogens is 2. The fraction of sp³-hybridized carbons (Fsp3) is 0.500. The zero-order valence-electron chi connectivity index (χ0n) is 11.5. The maximum atomic E-state index is 11.0. The summed E-state index contributed by atoms with van der Waals surface area (Å²) in [7, 11) is 0. The first-order valence-corrected chi connectivity index (χ1v) is 7.65. The van der Waals surface area contributed by atoms with Gasteiger partial charge in [-0.1, -0.05) is 6.92 Å². The van der Waals surface area contributed by atoms with Crippen molar-refractivity contribution in [1.82, 2.24) is 9.97 Å². The Hall–Kier alpha value is -1.69. The van der Waals surface area contributed by atoms with E-state index in [0.717, 1.165) is 16.6 Å². The highest BCUT2D eigenvalue weighted by molar-refractivity contribution is 7.19. The summed E-state index contributed by atoms with van der Waals surface area (Å²) >= 11 is 1.71. The summed E-state index contributed by atoms with van der Waals surface area (Å²) < 4.78 is 0. The summed E-state index contributed by atoms with van der Waals surface area (Å²) in [6.07, 6.45) is 4.98. The predicted molar refractivity (Wildman–Crippen MR) is 79.5 cm³/mol. The second-order valence-electron chi connectivity index (χ2n) is 5.34. The topological polar surface area (TPSA) is 75.1 Å². The number of fused-ring (bicyclic) bond motifs is 3. The standard InChI is InChI=1S/C14H17N3O2S/c1-7-4-3-5-9-10(7)11-12(17-8(2)14(18)19)15-6-16-13(11)20-9/h6-8H,3-5H2,1-2H3,(H,18,19)(H,15,16,17)/t7-,8-/m0/s1. The molecule has 0 unspecified atom stereocenters. The van der Waals surface area contributed by atoms with Gasteiger partial charge in [-0.15, -0.1) is 11.3 Å². The van der Waals surface area contributed by atoms with Crippen LogP contribution in [0.5, 0.6) is 0 Å². The summed E-state index contributed by atoms with van der Waals surface area (Å²) in [5, 5.41) is 13.1. The zero-order valence-corrected chi connectivity index (χ0v) is 12.3. The van der Waals surface area contributed by atoms with Gasteiger partial charge in [-0.25, -0.2) is 9.97 Å². The number of anilines is 1. The molecule has 0 fully saturated rings.